The number of hydrogen-bond acceptors (Lipinski definition) is 2. The largest absolute Gasteiger partial charge is 0.492 e. The van der Waals surface area contributed by atoms with E-state index in [1.54, 1.807) is 0 Å². The summed E-state index contributed by atoms with van der Waals surface area (Å²) in [7, 11) is 0. The maximum atomic E-state index is 11.6. The molecule has 3 heteroatoms. The summed E-state index contributed by atoms with van der Waals surface area (Å²) in [5.41, 5.74) is 0.227. The van der Waals surface area contributed by atoms with Crippen LogP contribution >= 0.6 is 0 Å². The van der Waals surface area contributed by atoms with Crippen LogP contribution in [0.3, 0.4) is 0 Å². The number of carboxylic acids is 1. The van der Waals surface area contributed by atoms with Gasteiger partial charge in [0.2, 0.25) is 0 Å². The van der Waals surface area contributed by atoms with Gasteiger partial charge in [-0.15, -0.1) is 0 Å². The molecule has 0 amide bonds. The Morgan fingerprint density at radius 1 is 1.53 bits per heavy atom. The van der Waals surface area contributed by atoms with E-state index in [9.17, 15) is 9.90 Å². The second-order valence-corrected chi connectivity index (χ2v) is 4.84. The highest BCUT2D eigenvalue weighted by Crippen LogP contribution is 2.41. The Kier molecular flexibility index (Phi) is 3.09. The first-order chi connectivity index (χ1) is 8.10. The summed E-state index contributed by atoms with van der Waals surface area (Å²) >= 11 is 0. The molecule has 1 aliphatic heterocycles. The van der Waals surface area contributed by atoms with Crippen LogP contribution in [0.15, 0.2) is 24.3 Å². The van der Waals surface area contributed by atoms with Gasteiger partial charge in [-0.25, -0.2) is 0 Å². The Morgan fingerprint density at radius 3 is 2.88 bits per heavy atom. The van der Waals surface area contributed by atoms with Crippen molar-refractivity contribution < 1.29 is 14.6 Å². The highest BCUT2D eigenvalue weighted by atomic mass is 16.5. The molecule has 2 rings (SSSR count). The number of rotatable bonds is 3. The molecule has 0 radical (unpaired) electrons. The summed E-state index contributed by atoms with van der Waals surface area (Å²) in [6.45, 7) is 4.29. The first kappa shape index (κ1) is 12.0. The first-order valence-electron chi connectivity index (χ1n) is 6.04. The van der Waals surface area contributed by atoms with Gasteiger partial charge in [0.05, 0.1) is 0 Å². The minimum Gasteiger partial charge on any atom is -0.492 e. The van der Waals surface area contributed by atoms with Crippen LogP contribution in [0.1, 0.15) is 25.8 Å². The number of para-hydroxylation sites is 1. The van der Waals surface area contributed by atoms with Crippen molar-refractivity contribution in [3.63, 3.8) is 0 Å². The third kappa shape index (κ3) is 1.90. The molecule has 0 aromatic heterocycles. The quantitative estimate of drug-likeness (QED) is 0.874. The van der Waals surface area contributed by atoms with Crippen molar-refractivity contribution in [1.82, 2.24) is 0 Å². The van der Waals surface area contributed by atoms with Gasteiger partial charge in [0, 0.05) is 0 Å². The van der Waals surface area contributed by atoms with Crippen LogP contribution in [0.5, 0.6) is 5.75 Å². The van der Waals surface area contributed by atoms with E-state index < -0.39 is 11.4 Å². The summed E-state index contributed by atoms with van der Waals surface area (Å²) in [6.07, 6.45) is 1.41. The molecule has 0 aliphatic carbocycles. The number of carbonyl (C=O) groups is 1. The van der Waals surface area contributed by atoms with Gasteiger partial charge >= 0.3 is 5.97 Å². The Labute approximate surface area is 101 Å². The predicted octanol–water partition coefficient (Wildman–Crippen LogP) is 2.74. The normalized spacial score (nSPS) is 24.6. The van der Waals surface area contributed by atoms with Gasteiger partial charge in [-0.1, -0.05) is 38.5 Å². The predicted molar refractivity (Wildman–Crippen MR) is 65.2 cm³/mol. The maximum Gasteiger partial charge on any atom is 0.313 e. The highest BCUT2D eigenvalue weighted by molar-refractivity contribution is 5.76. The van der Waals surface area contributed by atoms with Crippen molar-refractivity contribution in [2.75, 3.05) is 6.61 Å². The van der Waals surface area contributed by atoms with Crippen LogP contribution in [-0.2, 0) is 11.2 Å². The smallest absolute Gasteiger partial charge is 0.313 e. The summed E-state index contributed by atoms with van der Waals surface area (Å²) < 4.78 is 5.64. The lowest BCUT2D eigenvalue weighted by molar-refractivity contribution is -0.156. The van der Waals surface area contributed by atoms with E-state index >= 15 is 0 Å². The number of ether oxygens (including phenoxy) is 1. The van der Waals surface area contributed by atoms with Crippen molar-refractivity contribution in [3.8, 4) is 5.75 Å². The van der Waals surface area contributed by atoms with Crippen molar-refractivity contribution in [2.45, 2.75) is 26.7 Å². The number of benzene rings is 1. The molecular weight excluding hydrogens is 216 g/mol. The van der Waals surface area contributed by atoms with E-state index in [1.807, 2.05) is 38.1 Å². The zero-order chi connectivity index (χ0) is 12.5. The van der Waals surface area contributed by atoms with E-state index in [-0.39, 0.29) is 12.5 Å². The maximum absolute atomic E-state index is 11.6. The Morgan fingerprint density at radius 2 is 2.24 bits per heavy atom. The third-order valence-electron chi connectivity index (χ3n) is 3.95. The zero-order valence-corrected chi connectivity index (χ0v) is 10.3. The van der Waals surface area contributed by atoms with Crippen LogP contribution in [0.2, 0.25) is 0 Å². The van der Waals surface area contributed by atoms with Crippen molar-refractivity contribution >= 4 is 5.97 Å². The molecule has 0 bridgehead atoms. The molecule has 0 saturated carbocycles. The molecular formula is C14H18O3. The van der Waals surface area contributed by atoms with Crippen LogP contribution < -0.4 is 4.74 Å². The summed E-state index contributed by atoms with van der Waals surface area (Å²) in [4.78, 5) is 11.6. The topological polar surface area (TPSA) is 46.5 Å². The SMILES string of the molecule is CCC(C)C1(C(=O)O)COc2ccccc2C1. The van der Waals surface area contributed by atoms with E-state index in [2.05, 4.69) is 0 Å². The molecule has 1 heterocycles. The second kappa shape index (κ2) is 4.40. The van der Waals surface area contributed by atoms with Gasteiger partial charge in [0.25, 0.3) is 0 Å². The van der Waals surface area contributed by atoms with E-state index in [4.69, 9.17) is 4.74 Å². The molecule has 0 saturated heterocycles. The molecule has 17 heavy (non-hydrogen) atoms. The van der Waals surface area contributed by atoms with Gasteiger partial charge in [-0.3, -0.25) is 4.79 Å². The first-order valence-corrected chi connectivity index (χ1v) is 6.04. The summed E-state index contributed by atoms with van der Waals surface area (Å²) in [5.74, 6) is 0.183. The van der Waals surface area contributed by atoms with Crippen LogP contribution in [0, 0.1) is 11.3 Å². The van der Waals surface area contributed by atoms with Crippen molar-refractivity contribution in [1.29, 1.82) is 0 Å². The Bertz CT molecular complexity index is 427. The molecule has 1 aromatic carbocycles. The van der Waals surface area contributed by atoms with Crippen LogP contribution in [0.25, 0.3) is 0 Å². The van der Waals surface area contributed by atoms with Gasteiger partial charge < -0.3 is 9.84 Å². The van der Waals surface area contributed by atoms with Gasteiger partial charge in [0.15, 0.2) is 0 Å². The highest BCUT2D eigenvalue weighted by Gasteiger charge is 2.46. The molecule has 2 unspecified atom stereocenters. The van der Waals surface area contributed by atoms with E-state index in [0.717, 1.165) is 17.7 Å². The molecule has 0 fully saturated rings. The minimum absolute atomic E-state index is 0.105. The number of aliphatic carboxylic acids is 1. The standard InChI is InChI=1S/C14H18O3/c1-3-10(2)14(13(15)16)8-11-6-4-5-7-12(11)17-9-14/h4-7,10H,3,8-9H2,1-2H3,(H,15,16). The second-order valence-electron chi connectivity index (χ2n) is 4.84. The van der Waals surface area contributed by atoms with Gasteiger partial charge in [-0.2, -0.15) is 0 Å². The van der Waals surface area contributed by atoms with Crippen molar-refractivity contribution in [3.05, 3.63) is 29.8 Å². The van der Waals surface area contributed by atoms with Crippen LogP contribution in [-0.4, -0.2) is 17.7 Å². The molecule has 1 aliphatic rings. The Hall–Kier alpha value is -1.51. The number of hydrogen-bond donors (Lipinski definition) is 1. The zero-order valence-electron chi connectivity index (χ0n) is 10.3. The van der Waals surface area contributed by atoms with Crippen molar-refractivity contribution in [2.24, 2.45) is 11.3 Å². The average molecular weight is 234 g/mol. The lowest BCUT2D eigenvalue weighted by atomic mass is 9.70. The lowest BCUT2D eigenvalue weighted by Crippen LogP contribution is -2.46. The molecule has 1 aromatic rings. The lowest BCUT2D eigenvalue weighted by Gasteiger charge is -2.38. The molecule has 2 atom stereocenters. The molecule has 92 valence electrons. The number of fused-ring (bicyclic) bond motifs is 1. The fourth-order valence-electron chi connectivity index (χ4n) is 2.44. The monoisotopic (exact) mass is 234 g/mol. The third-order valence-corrected chi connectivity index (χ3v) is 3.95. The summed E-state index contributed by atoms with van der Waals surface area (Å²) in [5, 5.41) is 9.54. The molecule has 3 nitrogen and oxygen atoms in total. The fourth-order valence-corrected chi connectivity index (χ4v) is 2.44. The minimum atomic E-state index is -0.775. The molecule has 1 N–H and O–H groups in total. The average Bonchev–Trinajstić information content (AvgIpc) is 2.36. The Balaban J connectivity index is 2.37. The van der Waals surface area contributed by atoms with E-state index in [1.165, 1.54) is 0 Å². The van der Waals surface area contributed by atoms with Gasteiger partial charge in [-0.05, 0) is 24.0 Å². The number of carboxylic acid groups (broad SMARTS) is 1. The van der Waals surface area contributed by atoms with E-state index in [0.29, 0.717) is 6.42 Å². The van der Waals surface area contributed by atoms with Gasteiger partial charge in [0.1, 0.15) is 17.8 Å². The molecule has 0 spiro atoms. The van der Waals surface area contributed by atoms with Crippen LogP contribution in [0.4, 0.5) is 0 Å². The fraction of sp³-hybridized carbons (Fsp3) is 0.500. The summed E-state index contributed by atoms with van der Waals surface area (Å²) in [6, 6.07) is 7.69.